The van der Waals surface area contributed by atoms with Crippen molar-refractivity contribution in [3.8, 4) is 11.1 Å². The van der Waals surface area contributed by atoms with Crippen molar-refractivity contribution in [2.75, 3.05) is 0 Å². The van der Waals surface area contributed by atoms with Crippen LogP contribution >= 0.6 is 0 Å². The maximum atomic E-state index is 14.2. The van der Waals surface area contributed by atoms with Gasteiger partial charge in [-0.15, -0.1) is 0 Å². The Hall–Kier alpha value is -3.92. The van der Waals surface area contributed by atoms with E-state index in [1.807, 2.05) is 42.5 Å². The molecule has 1 amide bonds. The zero-order valence-electron chi connectivity index (χ0n) is 16.2. The topological polar surface area (TPSA) is 48.0 Å². The Morgan fingerprint density at radius 2 is 1.60 bits per heavy atom. The summed E-state index contributed by atoms with van der Waals surface area (Å²) < 4.78 is 16.2. The highest BCUT2D eigenvalue weighted by atomic mass is 19.1. The lowest BCUT2D eigenvalue weighted by molar-refractivity contribution is 0.100. The van der Waals surface area contributed by atoms with Crippen molar-refractivity contribution >= 4 is 27.7 Å². The highest BCUT2D eigenvalue weighted by Gasteiger charge is 2.18. The molecule has 0 bridgehead atoms. The van der Waals surface area contributed by atoms with Gasteiger partial charge in [-0.2, -0.15) is 0 Å². The first-order valence-corrected chi connectivity index (χ1v) is 9.77. The molecule has 0 fully saturated rings. The minimum Gasteiger partial charge on any atom is -0.366 e. The first kappa shape index (κ1) is 18.1. The van der Waals surface area contributed by atoms with Crippen LogP contribution in [0.15, 0.2) is 91.0 Å². The Labute approximate surface area is 173 Å². The molecule has 2 N–H and O–H groups in total. The number of aromatic nitrogens is 1. The van der Waals surface area contributed by atoms with Crippen molar-refractivity contribution in [3.05, 3.63) is 108 Å². The number of nitrogens with zero attached hydrogens (tertiary/aromatic N) is 1. The number of carbonyl (C=O) groups is 1. The molecule has 3 nitrogen and oxygen atoms in total. The molecule has 0 atom stereocenters. The predicted octanol–water partition coefficient (Wildman–Crippen LogP) is 5.75. The number of fused-ring (bicyclic) bond motifs is 3. The molecular weight excluding hydrogens is 375 g/mol. The summed E-state index contributed by atoms with van der Waals surface area (Å²) in [6.45, 7) is 0.538. The molecule has 0 spiro atoms. The second kappa shape index (κ2) is 7.16. The van der Waals surface area contributed by atoms with Crippen LogP contribution in [0.2, 0.25) is 0 Å². The van der Waals surface area contributed by atoms with E-state index in [9.17, 15) is 9.18 Å². The van der Waals surface area contributed by atoms with Crippen molar-refractivity contribution in [1.29, 1.82) is 0 Å². The number of rotatable bonds is 4. The summed E-state index contributed by atoms with van der Waals surface area (Å²) in [5.74, 6) is -0.808. The number of hydrogen-bond donors (Lipinski definition) is 1. The molecule has 1 aromatic heterocycles. The van der Waals surface area contributed by atoms with E-state index in [1.54, 1.807) is 12.1 Å². The van der Waals surface area contributed by atoms with Gasteiger partial charge in [0.05, 0.1) is 11.0 Å². The molecule has 0 saturated carbocycles. The van der Waals surface area contributed by atoms with Crippen LogP contribution in [0.5, 0.6) is 0 Å². The Kier molecular flexibility index (Phi) is 4.32. The maximum Gasteiger partial charge on any atom is 0.249 e. The van der Waals surface area contributed by atoms with E-state index in [-0.39, 0.29) is 5.82 Å². The van der Waals surface area contributed by atoms with Gasteiger partial charge in [0, 0.05) is 22.9 Å². The molecule has 4 aromatic carbocycles. The van der Waals surface area contributed by atoms with Gasteiger partial charge in [0.15, 0.2) is 0 Å². The van der Waals surface area contributed by atoms with Gasteiger partial charge in [0.25, 0.3) is 0 Å². The average molecular weight is 394 g/mol. The molecule has 1 heterocycles. The van der Waals surface area contributed by atoms with E-state index in [0.29, 0.717) is 12.1 Å². The van der Waals surface area contributed by atoms with Crippen molar-refractivity contribution in [2.45, 2.75) is 6.54 Å². The monoisotopic (exact) mass is 394 g/mol. The second-order valence-electron chi connectivity index (χ2n) is 7.33. The minimum atomic E-state index is -0.492. The maximum absolute atomic E-state index is 14.2. The summed E-state index contributed by atoms with van der Waals surface area (Å²) in [5, 5.41) is 1.58. The summed E-state index contributed by atoms with van der Waals surface area (Å²) in [7, 11) is 0. The number of nitrogens with two attached hydrogens (primary N) is 1. The number of amides is 1. The number of benzene rings is 4. The summed E-state index contributed by atoms with van der Waals surface area (Å²) in [6.07, 6.45) is 0. The predicted molar refractivity (Wildman–Crippen MR) is 119 cm³/mol. The standard InChI is InChI=1S/C26H19FN2O/c27-19-13-14-21-24(15-19)29(23-12-6-11-22(25(21)23)26(28)30)16-18-9-4-5-10-20(18)17-7-2-1-3-8-17/h1-15H,16H2,(H2,28,30). The van der Waals surface area contributed by atoms with Crippen LogP contribution in [0, 0.1) is 5.82 Å². The van der Waals surface area contributed by atoms with Crippen molar-refractivity contribution < 1.29 is 9.18 Å². The van der Waals surface area contributed by atoms with Gasteiger partial charge in [0.1, 0.15) is 5.82 Å². The molecule has 0 aliphatic rings. The highest BCUT2D eigenvalue weighted by molar-refractivity contribution is 6.17. The van der Waals surface area contributed by atoms with E-state index in [0.717, 1.165) is 38.5 Å². The summed E-state index contributed by atoms with van der Waals surface area (Å²) in [6, 6.07) is 28.5. The minimum absolute atomic E-state index is 0.316. The van der Waals surface area contributed by atoms with E-state index in [4.69, 9.17) is 5.73 Å². The van der Waals surface area contributed by atoms with Crippen LogP contribution in [-0.2, 0) is 6.54 Å². The van der Waals surface area contributed by atoms with E-state index < -0.39 is 5.91 Å². The van der Waals surface area contributed by atoms with Crippen LogP contribution in [0.1, 0.15) is 15.9 Å². The quantitative estimate of drug-likeness (QED) is 0.415. The van der Waals surface area contributed by atoms with Crippen molar-refractivity contribution in [2.24, 2.45) is 5.73 Å². The fraction of sp³-hybridized carbons (Fsp3) is 0.0385. The SMILES string of the molecule is NC(=O)c1cccc2c1c1ccc(F)cc1n2Cc1ccccc1-c1ccccc1. The molecule has 0 aliphatic carbocycles. The van der Waals surface area contributed by atoms with Crippen LogP contribution in [0.25, 0.3) is 32.9 Å². The van der Waals surface area contributed by atoms with Crippen LogP contribution in [0.4, 0.5) is 4.39 Å². The Bertz CT molecular complexity index is 1400. The van der Waals surface area contributed by atoms with Gasteiger partial charge in [-0.3, -0.25) is 4.79 Å². The van der Waals surface area contributed by atoms with Gasteiger partial charge in [-0.25, -0.2) is 4.39 Å². The lowest BCUT2D eigenvalue weighted by Gasteiger charge is -2.13. The molecule has 5 aromatic rings. The lowest BCUT2D eigenvalue weighted by atomic mass is 9.99. The second-order valence-corrected chi connectivity index (χ2v) is 7.33. The average Bonchev–Trinajstić information content (AvgIpc) is 3.07. The third-order valence-corrected chi connectivity index (χ3v) is 5.55. The van der Waals surface area contributed by atoms with E-state index in [1.165, 1.54) is 12.1 Å². The van der Waals surface area contributed by atoms with Gasteiger partial charge >= 0.3 is 0 Å². The van der Waals surface area contributed by atoms with Crippen molar-refractivity contribution in [3.63, 3.8) is 0 Å². The van der Waals surface area contributed by atoms with Crippen LogP contribution in [-0.4, -0.2) is 10.5 Å². The third-order valence-electron chi connectivity index (χ3n) is 5.55. The highest BCUT2D eigenvalue weighted by Crippen LogP contribution is 2.34. The summed E-state index contributed by atoms with van der Waals surface area (Å²) in [4.78, 5) is 12.1. The zero-order chi connectivity index (χ0) is 20.7. The zero-order valence-corrected chi connectivity index (χ0v) is 16.2. The van der Waals surface area contributed by atoms with Gasteiger partial charge in [0.2, 0.25) is 5.91 Å². The van der Waals surface area contributed by atoms with Gasteiger partial charge in [-0.1, -0.05) is 60.7 Å². The van der Waals surface area contributed by atoms with E-state index >= 15 is 0 Å². The molecule has 146 valence electrons. The molecule has 5 rings (SSSR count). The molecule has 30 heavy (non-hydrogen) atoms. The van der Waals surface area contributed by atoms with Crippen LogP contribution < -0.4 is 5.73 Å². The molecule has 0 aliphatic heterocycles. The summed E-state index contributed by atoms with van der Waals surface area (Å²) in [5.41, 5.74) is 11.0. The third kappa shape index (κ3) is 2.94. The van der Waals surface area contributed by atoms with Gasteiger partial charge < -0.3 is 10.3 Å². The summed E-state index contributed by atoms with van der Waals surface area (Å²) >= 11 is 0. The normalized spacial score (nSPS) is 11.2. The van der Waals surface area contributed by atoms with Crippen LogP contribution in [0.3, 0.4) is 0 Å². The molecule has 0 saturated heterocycles. The Balaban J connectivity index is 1.78. The molecule has 0 radical (unpaired) electrons. The Morgan fingerprint density at radius 1 is 0.833 bits per heavy atom. The van der Waals surface area contributed by atoms with E-state index in [2.05, 4.69) is 28.8 Å². The molecular formula is C26H19FN2O. The smallest absolute Gasteiger partial charge is 0.249 e. The number of primary amides is 1. The first-order valence-electron chi connectivity index (χ1n) is 9.77. The largest absolute Gasteiger partial charge is 0.366 e. The fourth-order valence-corrected chi connectivity index (χ4v) is 4.22. The van der Waals surface area contributed by atoms with Gasteiger partial charge in [-0.05, 0) is 47.0 Å². The number of hydrogen-bond acceptors (Lipinski definition) is 1. The number of halogens is 1. The Morgan fingerprint density at radius 3 is 2.40 bits per heavy atom. The first-order chi connectivity index (χ1) is 14.6. The molecule has 0 unspecified atom stereocenters. The number of carbonyl (C=O) groups excluding carboxylic acids is 1. The lowest BCUT2D eigenvalue weighted by Crippen LogP contribution is -2.11. The fourth-order valence-electron chi connectivity index (χ4n) is 4.22. The van der Waals surface area contributed by atoms with Crippen molar-refractivity contribution in [1.82, 2.24) is 4.57 Å². The molecule has 4 heteroatoms.